The zero-order valence-electron chi connectivity index (χ0n) is 17.1. The van der Waals surface area contributed by atoms with E-state index in [9.17, 15) is 27.1 Å². The Morgan fingerprint density at radius 3 is 2.50 bits per heavy atom. The van der Waals surface area contributed by atoms with Crippen molar-refractivity contribution in [2.24, 2.45) is 0 Å². The van der Waals surface area contributed by atoms with E-state index in [2.05, 4.69) is 15.4 Å². The number of rotatable bonds is 8. The van der Waals surface area contributed by atoms with Gasteiger partial charge in [-0.3, -0.25) is 0 Å². The molecule has 1 aliphatic rings. The monoisotopic (exact) mass is 469 g/mol. The Morgan fingerprint density at radius 2 is 1.81 bits per heavy atom. The van der Waals surface area contributed by atoms with Crippen LogP contribution in [-0.4, -0.2) is 51.0 Å². The van der Waals surface area contributed by atoms with E-state index < -0.39 is 44.7 Å². The van der Waals surface area contributed by atoms with E-state index in [0.29, 0.717) is 24.9 Å². The van der Waals surface area contributed by atoms with Crippen LogP contribution in [0.1, 0.15) is 19.3 Å². The number of ether oxygens (including phenoxy) is 1. The molecular weight excluding hydrogens is 444 g/mol. The lowest BCUT2D eigenvalue weighted by atomic mass is 9.97. The summed E-state index contributed by atoms with van der Waals surface area (Å²) in [6, 6.07) is 9.43. The summed E-state index contributed by atoms with van der Waals surface area (Å²) in [6.07, 6.45) is 0.342. The molecule has 0 aliphatic carbocycles. The van der Waals surface area contributed by atoms with Crippen LogP contribution in [0.4, 0.5) is 19.3 Å². The van der Waals surface area contributed by atoms with Gasteiger partial charge < -0.3 is 20.5 Å². The highest BCUT2D eigenvalue weighted by Crippen LogP contribution is 2.22. The standard InChI is InChI=1S/C21H25F2N3O5S/c22-14-5-7-15(8-6-14)25-21(28)26-18-10-9-16(31-19(18)13-27)11-12-24-32(29,30)20-4-2-1-3-17(20)23/h1-8,16,18-19,24,27H,9-13H2,(H2,25,26,28)/t16-,18-,19+/m0/s1. The summed E-state index contributed by atoms with van der Waals surface area (Å²) >= 11 is 0. The lowest BCUT2D eigenvalue weighted by Crippen LogP contribution is -2.52. The minimum atomic E-state index is -3.99. The highest BCUT2D eigenvalue weighted by atomic mass is 32.2. The van der Waals surface area contributed by atoms with Gasteiger partial charge in [0.2, 0.25) is 10.0 Å². The van der Waals surface area contributed by atoms with Gasteiger partial charge in [0.05, 0.1) is 18.8 Å². The Kier molecular flexibility index (Phi) is 8.13. The zero-order chi connectivity index (χ0) is 23.1. The minimum Gasteiger partial charge on any atom is -0.394 e. The molecule has 0 spiro atoms. The maximum absolute atomic E-state index is 13.7. The van der Waals surface area contributed by atoms with Crippen molar-refractivity contribution < 1.29 is 31.8 Å². The number of sulfonamides is 1. The van der Waals surface area contributed by atoms with Crippen LogP contribution in [0.15, 0.2) is 53.4 Å². The first kappa shape index (κ1) is 24.1. The van der Waals surface area contributed by atoms with E-state index in [4.69, 9.17) is 4.74 Å². The maximum atomic E-state index is 13.7. The normalized spacial score (nSPS) is 21.2. The van der Waals surface area contributed by atoms with E-state index in [-0.39, 0.29) is 19.3 Å². The molecule has 0 saturated carbocycles. The summed E-state index contributed by atoms with van der Waals surface area (Å²) < 4.78 is 59.4. The van der Waals surface area contributed by atoms with Gasteiger partial charge in [-0.1, -0.05) is 12.1 Å². The van der Waals surface area contributed by atoms with Crippen molar-refractivity contribution in [3.63, 3.8) is 0 Å². The van der Waals surface area contributed by atoms with Crippen LogP contribution < -0.4 is 15.4 Å². The van der Waals surface area contributed by atoms with Crippen LogP contribution in [0.25, 0.3) is 0 Å². The molecule has 0 aromatic heterocycles. The highest BCUT2D eigenvalue weighted by molar-refractivity contribution is 7.89. The largest absolute Gasteiger partial charge is 0.394 e. The van der Waals surface area contributed by atoms with Gasteiger partial charge in [0.25, 0.3) is 0 Å². The molecule has 1 heterocycles. The molecule has 2 aromatic rings. The molecule has 174 valence electrons. The number of urea groups is 1. The first-order valence-electron chi connectivity index (χ1n) is 10.1. The van der Waals surface area contributed by atoms with Gasteiger partial charge in [-0.25, -0.2) is 26.7 Å². The van der Waals surface area contributed by atoms with Crippen molar-refractivity contribution in [2.45, 2.75) is 42.4 Å². The van der Waals surface area contributed by atoms with Gasteiger partial charge >= 0.3 is 6.03 Å². The summed E-state index contributed by atoms with van der Waals surface area (Å²) in [5, 5.41) is 15.0. The van der Waals surface area contributed by atoms with Crippen molar-refractivity contribution >= 4 is 21.7 Å². The molecule has 3 atom stereocenters. The molecule has 11 heteroatoms. The lowest BCUT2D eigenvalue weighted by Gasteiger charge is -2.36. The first-order chi connectivity index (χ1) is 15.3. The summed E-state index contributed by atoms with van der Waals surface area (Å²) in [5.41, 5.74) is 0.418. The topological polar surface area (TPSA) is 117 Å². The number of hydrogen-bond donors (Lipinski definition) is 4. The average molecular weight is 470 g/mol. The molecule has 1 fully saturated rings. The van der Waals surface area contributed by atoms with Crippen LogP contribution in [0, 0.1) is 11.6 Å². The SMILES string of the molecule is O=C(Nc1ccc(F)cc1)N[C@H]1CC[C@@H](CCNS(=O)(=O)c2ccccc2F)O[C@@H]1CO. The fourth-order valence-electron chi connectivity index (χ4n) is 3.47. The Morgan fingerprint density at radius 1 is 1.09 bits per heavy atom. The molecule has 32 heavy (non-hydrogen) atoms. The van der Waals surface area contributed by atoms with E-state index >= 15 is 0 Å². The third kappa shape index (κ3) is 6.45. The molecule has 0 bridgehead atoms. The summed E-state index contributed by atoms with van der Waals surface area (Å²) in [6.45, 7) is -0.304. The molecule has 8 nitrogen and oxygen atoms in total. The first-order valence-corrected chi connectivity index (χ1v) is 11.6. The molecule has 1 aliphatic heterocycles. The Labute approximate surface area is 185 Å². The molecule has 2 aromatic carbocycles. The Balaban J connectivity index is 1.47. The van der Waals surface area contributed by atoms with Gasteiger partial charge in [0, 0.05) is 12.2 Å². The Bertz CT molecular complexity index is 1020. The van der Waals surface area contributed by atoms with Crippen LogP contribution in [0.3, 0.4) is 0 Å². The fourth-order valence-corrected chi connectivity index (χ4v) is 4.60. The van der Waals surface area contributed by atoms with E-state index in [1.165, 1.54) is 42.5 Å². The molecule has 0 unspecified atom stereocenters. The van der Waals surface area contributed by atoms with E-state index in [1.54, 1.807) is 0 Å². The number of amides is 2. The molecule has 3 rings (SSSR count). The summed E-state index contributed by atoms with van der Waals surface area (Å²) in [4.78, 5) is 11.8. The van der Waals surface area contributed by atoms with Crippen molar-refractivity contribution in [3.05, 3.63) is 60.2 Å². The number of hydrogen-bond acceptors (Lipinski definition) is 5. The number of benzene rings is 2. The van der Waals surface area contributed by atoms with Gasteiger partial charge in [0.15, 0.2) is 0 Å². The number of nitrogens with one attached hydrogen (secondary N) is 3. The van der Waals surface area contributed by atoms with Crippen LogP contribution >= 0.6 is 0 Å². The maximum Gasteiger partial charge on any atom is 0.319 e. The molecule has 2 amide bonds. The lowest BCUT2D eigenvalue weighted by molar-refractivity contribution is -0.0884. The summed E-state index contributed by atoms with van der Waals surface area (Å²) in [5.74, 6) is -1.25. The van der Waals surface area contributed by atoms with Crippen molar-refractivity contribution in [3.8, 4) is 0 Å². The molecular formula is C21H25F2N3O5S. The second-order valence-electron chi connectivity index (χ2n) is 7.39. The number of carbonyl (C=O) groups excluding carboxylic acids is 1. The quantitative estimate of drug-likeness (QED) is 0.474. The third-order valence-electron chi connectivity index (χ3n) is 5.10. The smallest absolute Gasteiger partial charge is 0.319 e. The van der Waals surface area contributed by atoms with Gasteiger partial charge in [-0.2, -0.15) is 0 Å². The second kappa shape index (κ2) is 10.8. The van der Waals surface area contributed by atoms with Crippen LogP contribution in [0.2, 0.25) is 0 Å². The average Bonchev–Trinajstić information content (AvgIpc) is 2.76. The van der Waals surface area contributed by atoms with E-state index in [1.807, 2.05) is 0 Å². The minimum absolute atomic E-state index is 0.0304. The molecule has 0 radical (unpaired) electrons. The Hall–Kier alpha value is -2.60. The van der Waals surface area contributed by atoms with Gasteiger partial charge in [0.1, 0.15) is 22.6 Å². The van der Waals surface area contributed by atoms with Crippen molar-refractivity contribution in [1.82, 2.24) is 10.0 Å². The number of carbonyl (C=O) groups is 1. The predicted molar refractivity (Wildman–Crippen MR) is 114 cm³/mol. The molecule has 4 N–H and O–H groups in total. The number of halogens is 2. The van der Waals surface area contributed by atoms with Gasteiger partial charge in [-0.05, 0) is 55.7 Å². The number of aliphatic hydroxyl groups is 1. The zero-order valence-corrected chi connectivity index (χ0v) is 17.9. The molecule has 1 saturated heterocycles. The predicted octanol–water partition coefficient (Wildman–Crippen LogP) is 2.36. The van der Waals surface area contributed by atoms with Crippen molar-refractivity contribution in [1.29, 1.82) is 0 Å². The van der Waals surface area contributed by atoms with Crippen molar-refractivity contribution in [2.75, 3.05) is 18.5 Å². The summed E-state index contributed by atoms with van der Waals surface area (Å²) in [7, 11) is -3.99. The number of anilines is 1. The van der Waals surface area contributed by atoms with Crippen LogP contribution in [0.5, 0.6) is 0 Å². The second-order valence-corrected chi connectivity index (χ2v) is 9.12. The fraction of sp³-hybridized carbons (Fsp3) is 0.381. The van der Waals surface area contributed by atoms with Crippen LogP contribution in [-0.2, 0) is 14.8 Å². The van der Waals surface area contributed by atoms with E-state index in [0.717, 1.165) is 6.07 Å². The van der Waals surface area contributed by atoms with Gasteiger partial charge in [-0.15, -0.1) is 0 Å². The highest BCUT2D eigenvalue weighted by Gasteiger charge is 2.32. The number of aliphatic hydroxyl groups excluding tert-OH is 1. The third-order valence-corrected chi connectivity index (χ3v) is 6.59.